The first-order valence-electron chi connectivity index (χ1n) is 14.3. The second kappa shape index (κ2) is 8.97. The first-order valence-corrected chi connectivity index (χ1v) is 14.3. The van der Waals surface area contributed by atoms with E-state index in [-0.39, 0.29) is 5.41 Å². The van der Waals surface area contributed by atoms with Crippen LogP contribution in [0.15, 0.2) is 140 Å². The molecule has 2 nitrogen and oxygen atoms in total. The summed E-state index contributed by atoms with van der Waals surface area (Å²) in [6.07, 6.45) is 0. The molecule has 1 aromatic heterocycles. The monoisotopic (exact) mass is 526 g/mol. The van der Waals surface area contributed by atoms with Gasteiger partial charge in [0.15, 0.2) is 0 Å². The van der Waals surface area contributed by atoms with E-state index < -0.39 is 0 Å². The number of aromatic nitrogens is 1. The Labute approximate surface area is 240 Å². The van der Waals surface area contributed by atoms with E-state index in [4.69, 9.17) is 0 Å². The molecular formula is C39H30N2. The van der Waals surface area contributed by atoms with Crippen molar-refractivity contribution in [3.8, 4) is 27.9 Å². The lowest BCUT2D eigenvalue weighted by molar-refractivity contribution is 0.660. The number of fused-ring (bicyclic) bond motifs is 6. The molecule has 6 aromatic carbocycles. The summed E-state index contributed by atoms with van der Waals surface area (Å²) in [5.41, 5.74) is 13.7. The zero-order valence-electron chi connectivity index (χ0n) is 23.2. The molecule has 1 N–H and O–H groups in total. The highest BCUT2D eigenvalue weighted by Gasteiger charge is 2.35. The van der Waals surface area contributed by atoms with Crippen molar-refractivity contribution in [2.24, 2.45) is 0 Å². The molecule has 0 amide bonds. The van der Waals surface area contributed by atoms with Gasteiger partial charge in [-0.3, -0.25) is 0 Å². The summed E-state index contributed by atoms with van der Waals surface area (Å²) in [4.78, 5) is 0. The SMILES string of the molecule is CC1(C)c2ccccc2-c2cc(Nc3ccc(-c4ccc(-n5c6ccccc6c6ccccc65)cc4)cc3)ccc21. The largest absolute Gasteiger partial charge is 0.356 e. The van der Waals surface area contributed by atoms with Crippen LogP contribution in [0, 0.1) is 0 Å². The summed E-state index contributed by atoms with van der Waals surface area (Å²) in [5, 5.41) is 6.20. The van der Waals surface area contributed by atoms with Gasteiger partial charge in [-0.05, 0) is 81.9 Å². The molecule has 2 heteroatoms. The highest BCUT2D eigenvalue weighted by molar-refractivity contribution is 6.09. The summed E-state index contributed by atoms with van der Waals surface area (Å²) in [5.74, 6) is 0. The van der Waals surface area contributed by atoms with Crippen LogP contribution >= 0.6 is 0 Å². The van der Waals surface area contributed by atoms with Crippen molar-refractivity contribution in [1.82, 2.24) is 4.57 Å². The van der Waals surface area contributed by atoms with Crippen molar-refractivity contribution in [2.75, 3.05) is 5.32 Å². The third-order valence-corrected chi connectivity index (χ3v) is 8.80. The van der Waals surface area contributed by atoms with E-state index in [9.17, 15) is 0 Å². The molecule has 0 spiro atoms. The Morgan fingerprint density at radius 1 is 0.488 bits per heavy atom. The first kappa shape index (κ1) is 23.8. The topological polar surface area (TPSA) is 17.0 Å². The van der Waals surface area contributed by atoms with Gasteiger partial charge >= 0.3 is 0 Å². The van der Waals surface area contributed by atoms with Gasteiger partial charge in [0, 0.05) is 33.2 Å². The minimum Gasteiger partial charge on any atom is -0.356 e. The quantitative estimate of drug-likeness (QED) is 0.241. The average Bonchev–Trinajstić information content (AvgIpc) is 3.47. The van der Waals surface area contributed by atoms with E-state index in [0.717, 1.165) is 11.4 Å². The number of hydrogen-bond acceptors (Lipinski definition) is 1. The number of hydrogen-bond donors (Lipinski definition) is 1. The Hall–Kier alpha value is -5.08. The normalized spacial score (nSPS) is 13.3. The van der Waals surface area contributed by atoms with Crippen LogP contribution in [-0.4, -0.2) is 4.57 Å². The standard InChI is InChI=1S/C39H30N2/c1-39(2)35-12-6-3-9-31(35)34-25-29(21-24-36(34)39)40-28-19-15-26(16-20-28)27-17-22-30(23-18-27)41-37-13-7-4-10-32(37)33-11-5-8-14-38(33)41/h3-25,40H,1-2H3. The third-order valence-electron chi connectivity index (χ3n) is 8.80. The molecule has 0 radical (unpaired) electrons. The summed E-state index contributed by atoms with van der Waals surface area (Å²) < 4.78 is 2.36. The molecule has 8 rings (SSSR count). The number of rotatable bonds is 4. The van der Waals surface area contributed by atoms with E-state index in [0.29, 0.717) is 0 Å². The van der Waals surface area contributed by atoms with Crippen LogP contribution in [0.2, 0.25) is 0 Å². The molecule has 1 aliphatic carbocycles. The van der Waals surface area contributed by atoms with Gasteiger partial charge in [0.05, 0.1) is 11.0 Å². The van der Waals surface area contributed by atoms with Crippen LogP contribution < -0.4 is 5.32 Å². The molecule has 0 atom stereocenters. The second-order valence-corrected chi connectivity index (χ2v) is 11.5. The minimum absolute atomic E-state index is 0.0310. The predicted octanol–water partition coefficient (Wildman–Crippen LogP) is 10.5. The molecule has 0 bridgehead atoms. The highest BCUT2D eigenvalue weighted by Crippen LogP contribution is 2.49. The Morgan fingerprint density at radius 3 is 1.71 bits per heavy atom. The van der Waals surface area contributed by atoms with Gasteiger partial charge in [-0.2, -0.15) is 0 Å². The first-order chi connectivity index (χ1) is 20.1. The maximum absolute atomic E-state index is 3.63. The molecule has 0 aliphatic heterocycles. The van der Waals surface area contributed by atoms with Crippen LogP contribution in [0.1, 0.15) is 25.0 Å². The van der Waals surface area contributed by atoms with Crippen LogP contribution in [0.4, 0.5) is 11.4 Å². The van der Waals surface area contributed by atoms with Crippen LogP contribution in [0.5, 0.6) is 0 Å². The van der Waals surface area contributed by atoms with Gasteiger partial charge in [0.1, 0.15) is 0 Å². The fourth-order valence-electron chi connectivity index (χ4n) is 6.71. The molecule has 1 aliphatic rings. The van der Waals surface area contributed by atoms with Crippen molar-refractivity contribution in [3.63, 3.8) is 0 Å². The third kappa shape index (κ3) is 3.72. The molecule has 0 fully saturated rings. The van der Waals surface area contributed by atoms with Crippen molar-refractivity contribution in [2.45, 2.75) is 19.3 Å². The van der Waals surface area contributed by atoms with Crippen LogP contribution in [0.3, 0.4) is 0 Å². The van der Waals surface area contributed by atoms with E-state index in [1.54, 1.807) is 0 Å². The molecule has 7 aromatic rings. The zero-order chi connectivity index (χ0) is 27.6. The fourth-order valence-corrected chi connectivity index (χ4v) is 6.71. The van der Waals surface area contributed by atoms with Crippen molar-refractivity contribution in [3.05, 3.63) is 151 Å². The molecule has 0 saturated heterocycles. The van der Waals surface area contributed by atoms with Gasteiger partial charge < -0.3 is 9.88 Å². The molecule has 41 heavy (non-hydrogen) atoms. The second-order valence-electron chi connectivity index (χ2n) is 11.5. The number of nitrogens with one attached hydrogen (secondary N) is 1. The zero-order valence-corrected chi connectivity index (χ0v) is 23.2. The van der Waals surface area contributed by atoms with E-state index in [2.05, 4.69) is 163 Å². The molecular weight excluding hydrogens is 496 g/mol. The van der Waals surface area contributed by atoms with Crippen LogP contribution in [-0.2, 0) is 5.41 Å². The molecule has 196 valence electrons. The number of para-hydroxylation sites is 2. The number of benzene rings is 6. The van der Waals surface area contributed by atoms with E-state index in [1.165, 1.54) is 60.9 Å². The van der Waals surface area contributed by atoms with Crippen molar-refractivity contribution in [1.29, 1.82) is 0 Å². The van der Waals surface area contributed by atoms with E-state index >= 15 is 0 Å². The van der Waals surface area contributed by atoms with Crippen LogP contribution in [0.25, 0.3) is 49.7 Å². The average molecular weight is 527 g/mol. The predicted molar refractivity (Wildman–Crippen MR) is 174 cm³/mol. The lowest BCUT2D eigenvalue weighted by Gasteiger charge is -2.21. The summed E-state index contributed by atoms with van der Waals surface area (Å²) in [7, 11) is 0. The van der Waals surface area contributed by atoms with Gasteiger partial charge in [0.2, 0.25) is 0 Å². The highest BCUT2D eigenvalue weighted by atomic mass is 15.0. The van der Waals surface area contributed by atoms with Gasteiger partial charge in [0.25, 0.3) is 0 Å². The lowest BCUT2D eigenvalue weighted by Crippen LogP contribution is -2.14. The van der Waals surface area contributed by atoms with Gasteiger partial charge in [-0.25, -0.2) is 0 Å². The molecule has 1 heterocycles. The number of nitrogens with zero attached hydrogens (tertiary/aromatic N) is 1. The van der Waals surface area contributed by atoms with Gasteiger partial charge in [-0.15, -0.1) is 0 Å². The lowest BCUT2D eigenvalue weighted by atomic mass is 9.82. The van der Waals surface area contributed by atoms with E-state index in [1.807, 2.05) is 0 Å². The van der Waals surface area contributed by atoms with Gasteiger partial charge in [-0.1, -0.05) is 105 Å². The minimum atomic E-state index is 0.0310. The Kier molecular flexibility index (Phi) is 5.20. The summed E-state index contributed by atoms with van der Waals surface area (Å²) in [6.45, 7) is 4.64. The molecule has 0 saturated carbocycles. The Bertz CT molecular complexity index is 2020. The summed E-state index contributed by atoms with van der Waals surface area (Å²) in [6, 6.07) is 50.5. The van der Waals surface area contributed by atoms with Crippen molar-refractivity contribution >= 4 is 33.2 Å². The fraction of sp³-hybridized carbons (Fsp3) is 0.0769. The Morgan fingerprint density at radius 2 is 1.02 bits per heavy atom. The maximum Gasteiger partial charge on any atom is 0.0541 e. The number of anilines is 2. The smallest absolute Gasteiger partial charge is 0.0541 e. The molecule has 0 unspecified atom stereocenters. The summed E-state index contributed by atoms with van der Waals surface area (Å²) >= 11 is 0. The maximum atomic E-state index is 3.63. The Balaban J connectivity index is 1.07. The van der Waals surface area contributed by atoms with Crippen molar-refractivity contribution < 1.29 is 0 Å².